The number of carbonyl (C=O) groups excluding carboxylic acids is 1. The van der Waals surface area contributed by atoms with Crippen LogP contribution in [0.3, 0.4) is 0 Å². The number of para-hydroxylation sites is 1. The first-order chi connectivity index (χ1) is 10.1. The van der Waals surface area contributed by atoms with Crippen molar-refractivity contribution in [3.8, 4) is 5.75 Å². The number of amides is 1. The highest BCUT2D eigenvalue weighted by Gasteiger charge is 2.13. The molecule has 2 rings (SSSR count). The molecule has 2 aromatic rings. The van der Waals surface area contributed by atoms with Gasteiger partial charge in [0, 0.05) is 17.7 Å². The lowest BCUT2D eigenvalue weighted by Crippen LogP contribution is -2.31. The normalized spacial score (nSPS) is 10.2. The molecule has 0 spiro atoms. The number of likely N-dealkylation sites (N-methyl/N-ethyl adjacent to an activating group) is 1. The van der Waals surface area contributed by atoms with E-state index in [4.69, 9.17) is 4.74 Å². The van der Waals surface area contributed by atoms with E-state index in [1.165, 1.54) is 11.0 Å². The minimum atomic E-state index is -0.416. The zero-order valence-electron chi connectivity index (χ0n) is 11.4. The van der Waals surface area contributed by atoms with Crippen molar-refractivity contribution in [1.82, 2.24) is 9.88 Å². The fourth-order valence-electron chi connectivity index (χ4n) is 1.65. The van der Waals surface area contributed by atoms with Crippen LogP contribution < -0.4 is 4.74 Å². The van der Waals surface area contributed by atoms with Crippen molar-refractivity contribution in [2.75, 3.05) is 20.2 Å². The van der Waals surface area contributed by atoms with Gasteiger partial charge in [0.2, 0.25) is 0 Å². The van der Waals surface area contributed by atoms with Crippen molar-refractivity contribution >= 4 is 21.8 Å². The van der Waals surface area contributed by atoms with Gasteiger partial charge in [0.05, 0.1) is 6.54 Å². The summed E-state index contributed by atoms with van der Waals surface area (Å²) < 4.78 is 19.5. The third-order valence-electron chi connectivity index (χ3n) is 2.81. The molecule has 0 fully saturated rings. The molecule has 0 aliphatic carbocycles. The van der Waals surface area contributed by atoms with E-state index in [1.807, 2.05) is 0 Å². The third kappa shape index (κ3) is 4.26. The fraction of sp³-hybridized carbons (Fsp3) is 0.200. The highest BCUT2D eigenvalue weighted by atomic mass is 79.9. The van der Waals surface area contributed by atoms with E-state index in [9.17, 15) is 9.18 Å². The SMILES string of the molecule is CN(CCOc1ccccc1F)C(=O)c1ccc(Br)cn1. The number of carbonyl (C=O) groups is 1. The monoisotopic (exact) mass is 352 g/mol. The van der Waals surface area contributed by atoms with Gasteiger partial charge in [0.1, 0.15) is 12.3 Å². The van der Waals surface area contributed by atoms with Crippen molar-refractivity contribution < 1.29 is 13.9 Å². The number of hydrogen-bond acceptors (Lipinski definition) is 3. The number of pyridine rings is 1. The second kappa shape index (κ2) is 7.17. The van der Waals surface area contributed by atoms with Gasteiger partial charge in [-0.15, -0.1) is 0 Å². The van der Waals surface area contributed by atoms with E-state index < -0.39 is 5.82 Å². The van der Waals surface area contributed by atoms with Gasteiger partial charge in [0.25, 0.3) is 5.91 Å². The molecular weight excluding hydrogens is 339 g/mol. The Labute approximate surface area is 130 Å². The molecule has 0 aliphatic heterocycles. The summed E-state index contributed by atoms with van der Waals surface area (Å²) >= 11 is 3.26. The smallest absolute Gasteiger partial charge is 0.272 e. The van der Waals surface area contributed by atoms with Crippen molar-refractivity contribution in [2.24, 2.45) is 0 Å². The van der Waals surface area contributed by atoms with E-state index in [0.717, 1.165) is 4.47 Å². The Morgan fingerprint density at radius 1 is 1.33 bits per heavy atom. The molecule has 0 unspecified atom stereocenters. The van der Waals surface area contributed by atoms with Crippen LogP contribution in [0.5, 0.6) is 5.75 Å². The Hall–Kier alpha value is -1.95. The first-order valence-corrected chi connectivity index (χ1v) is 7.11. The standard InChI is InChI=1S/C15H14BrFN2O2/c1-19(15(20)13-7-6-11(16)10-18-13)8-9-21-14-5-3-2-4-12(14)17/h2-7,10H,8-9H2,1H3. The number of hydrogen-bond donors (Lipinski definition) is 0. The van der Waals surface area contributed by atoms with Crippen molar-refractivity contribution in [2.45, 2.75) is 0 Å². The lowest BCUT2D eigenvalue weighted by atomic mass is 10.3. The Morgan fingerprint density at radius 3 is 2.76 bits per heavy atom. The average molecular weight is 353 g/mol. The summed E-state index contributed by atoms with van der Waals surface area (Å²) in [5, 5.41) is 0. The van der Waals surface area contributed by atoms with Gasteiger partial charge >= 0.3 is 0 Å². The first kappa shape index (κ1) is 15.4. The lowest BCUT2D eigenvalue weighted by molar-refractivity contribution is 0.0767. The Bertz CT molecular complexity index is 619. The quantitative estimate of drug-likeness (QED) is 0.830. The molecule has 110 valence electrons. The van der Waals surface area contributed by atoms with Crippen LogP contribution in [0.1, 0.15) is 10.5 Å². The van der Waals surface area contributed by atoms with Gasteiger partial charge in [-0.2, -0.15) is 0 Å². The molecule has 0 N–H and O–H groups in total. The second-order valence-electron chi connectivity index (χ2n) is 4.37. The Balaban J connectivity index is 1.87. The van der Waals surface area contributed by atoms with Crippen LogP contribution in [0.4, 0.5) is 4.39 Å². The Morgan fingerprint density at radius 2 is 2.10 bits per heavy atom. The van der Waals surface area contributed by atoms with Crippen molar-refractivity contribution in [3.05, 3.63) is 58.6 Å². The summed E-state index contributed by atoms with van der Waals surface area (Å²) in [6, 6.07) is 9.56. The van der Waals surface area contributed by atoms with E-state index in [0.29, 0.717) is 12.2 Å². The average Bonchev–Trinajstić information content (AvgIpc) is 2.49. The summed E-state index contributed by atoms with van der Waals surface area (Å²) in [6.07, 6.45) is 1.57. The first-order valence-electron chi connectivity index (χ1n) is 6.32. The third-order valence-corrected chi connectivity index (χ3v) is 3.28. The Kier molecular flexibility index (Phi) is 5.27. The number of nitrogens with zero attached hydrogens (tertiary/aromatic N) is 2. The molecule has 1 aromatic heterocycles. The molecule has 0 saturated carbocycles. The summed E-state index contributed by atoms with van der Waals surface area (Å²) in [6.45, 7) is 0.546. The number of benzene rings is 1. The molecule has 21 heavy (non-hydrogen) atoms. The number of ether oxygens (including phenoxy) is 1. The van der Waals surface area contributed by atoms with Crippen LogP contribution in [0.15, 0.2) is 47.1 Å². The highest BCUT2D eigenvalue weighted by molar-refractivity contribution is 9.10. The van der Waals surface area contributed by atoms with E-state index in [1.54, 1.807) is 43.6 Å². The predicted molar refractivity (Wildman–Crippen MR) is 80.8 cm³/mol. The summed E-state index contributed by atoms with van der Waals surface area (Å²) in [7, 11) is 1.65. The molecular formula is C15H14BrFN2O2. The van der Waals surface area contributed by atoms with Gasteiger partial charge in [-0.3, -0.25) is 4.79 Å². The van der Waals surface area contributed by atoms with Gasteiger partial charge < -0.3 is 9.64 Å². The summed E-state index contributed by atoms with van der Waals surface area (Å²) in [4.78, 5) is 17.6. The van der Waals surface area contributed by atoms with Crippen molar-refractivity contribution in [3.63, 3.8) is 0 Å². The summed E-state index contributed by atoms with van der Waals surface area (Å²) in [5.41, 5.74) is 0.353. The van der Waals surface area contributed by atoms with Crippen LogP contribution in [0, 0.1) is 5.82 Å². The summed E-state index contributed by atoms with van der Waals surface area (Å²) in [5.74, 6) is -0.444. The maximum atomic E-state index is 13.4. The van der Waals surface area contributed by atoms with Gasteiger partial charge in [-0.25, -0.2) is 9.37 Å². The van der Waals surface area contributed by atoms with Crippen LogP contribution in [-0.2, 0) is 0 Å². The molecule has 1 amide bonds. The maximum absolute atomic E-state index is 13.4. The van der Waals surface area contributed by atoms with Gasteiger partial charge in [0.15, 0.2) is 11.6 Å². The molecule has 0 radical (unpaired) electrons. The second-order valence-corrected chi connectivity index (χ2v) is 5.28. The topological polar surface area (TPSA) is 42.4 Å². The number of halogens is 2. The molecule has 4 nitrogen and oxygen atoms in total. The minimum Gasteiger partial charge on any atom is -0.489 e. The van der Waals surface area contributed by atoms with Crippen LogP contribution in [0.25, 0.3) is 0 Å². The van der Waals surface area contributed by atoms with Crippen LogP contribution in [-0.4, -0.2) is 36.0 Å². The predicted octanol–water partition coefficient (Wildman–Crippen LogP) is 3.13. The zero-order chi connectivity index (χ0) is 15.2. The zero-order valence-corrected chi connectivity index (χ0v) is 13.0. The van der Waals surface area contributed by atoms with Crippen LogP contribution in [0.2, 0.25) is 0 Å². The number of rotatable bonds is 5. The molecule has 1 aromatic carbocycles. The number of aromatic nitrogens is 1. The molecule has 0 saturated heterocycles. The lowest BCUT2D eigenvalue weighted by Gasteiger charge is -2.17. The highest BCUT2D eigenvalue weighted by Crippen LogP contribution is 2.15. The van der Waals surface area contributed by atoms with Gasteiger partial charge in [-0.05, 0) is 40.2 Å². The van der Waals surface area contributed by atoms with E-state index in [-0.39, 0.29) is 18.3 Å². The fourth-order valence-corrected chi connectivity index (χ4v) is 1.89. The molecule has 1 heterocycles. The molecule has 0 aliphatic rings. The molecule has 6 heteroatoms. The van der Waals surface area contributed by atoms with E-state index in [2.05, 4.69) is 20.9 Å². The van der Waals surface area contributed by atoms with E-state index >= 15 is 0 Å². The van der Waals surface area contributed by atoms with Gasteiger partial charge in [-0.1, -0.05) is 12.1 Å². The minimum absolute atomic E-state index is 0.181. The van der Waals surface area contributed by atoms with Crippen molar-refractivity contribution in [1.29, 1.82) is 0 Å². The molecule has 0 atom stereocenters. The van der Waals surface area contributed by atoms with Crippen LogP contribution >= 0.6 is 15.9 Å². The maximum Gasteiger partial charge on any atom is 0.272 e. The largest absolute Gasteiger partial charge is 0.489 e. The molecule has 0 bridgehead atoms.